The molecule has 4 rings (SSSR count). The number of carbonyl (C=O) groups excluding carboxylic acids is 2. The second-order valence-corrected chi connectivity index (χ2v) is 8.06. The number of Topliss-reactive ketones (excluding diaryl/α,β-unsaturated/α-hetero) is 1. The summed E-state index contributed by atoms with van der Waals surface area (Å²) in [5.74, 6) is -0.153. The summed E-state index contributed by atoms with van der Waals surface area (Å²) in [7, 11) is 2.89. The van der Waals surface area contributed by atoms with Crippen molar-refractivity contribution in [2.75, 3.05) is 20.8 Å². The van der Waals surface area contributed by atoms with Crippen molar-refractivity contribution in [2.24, 2.45) is 0 Å². The molecule has 1 heterocycles. The van der Waals surface area contributed by atoms with Crippen molar-refractivity contribution < 1.29 is 23.8 Å². The molecular formula is C24H22BrNO5. The van der Waals surface area contributed by atoms with Crippen LogP contribution in [0.2, 0.25) is 0 Å². The third kappa shape index (κ3) is 3.33. The first-order valence-electron chi connectivity index (χ1n) is 9.87. The number of nitrogens with one attached hydrogen (secondary N) is 1. The smallest absolute Gasteiger partial charge is 0.336 e. The van der Waals surface area contributed by atoms with Gasteiger partial charge in [0.05, 0.1) is 38.0 Å². The van der Waals surface area contributed by atoms with Gasteiger partial charge in [-0.05, 0) is 31.5 Å². The Bertz CT molecular complexity index is 1160. The van der Waals surface area contributed by atoms with Crippen molar-refractivity contribution in [3.8, 4) is 11.5 Å². The van der Waals surface area contributed by atoms with Crippen LogP contribution in [0.25, 0.3) is 5.70 Å². The molecule has 1 aliphatic carbocycles. The molecule has 1 aliphatic heterocycles. The lowest BCUT2D eigenvalue weighted by Gasteiger charge is -2.30. The van der Waals surface area contributed by atoms with E-state index in [0.717, 1.165) is 16.8 Å². The van der Waals surface area contributed by atoms with Crippen molar-refractivity contribution in [2.45, 2.75) is 19.8 Å². The van der Waals surface area contributed by atoms with Crippen LogP contribution in [0.4, 0.5) is 0 Å². The number of fused-ring (bicyclic) bond motifs is 2. The standard InChI is InChI=1S/C24H22BrNO5/c1-5-31-18-11-16(25)15(10-17(18)29-3)20-19(24(28)30-4)12(2)26-22-13-8-6-7-9-14(13)23(27)21(20)22/h6-11,20,26H,5H2,1-4H3. The number of carbonyl (C=O) groups is 2. The van der Waals surface area contributed by atoms with Crippen LogP contribution < -0.4 is 14.8 Å². The van der Waals surface area contributed by atoms with Crippen LogP contribution in [0, 0.1) is 0 Å². The number of ether oxygens (including phenoxy) is 3. The Morgan fingerprint density at radius 3 is 2.48 bits per heavy atom. The molecule has 2 aliphatic rings. The van der Waals surface area contributed by atoms with E-state index in [1.165, 1.54) is 7.11 Å². The molecule has 1 N–H and O–H groups in total. The van der Waals surface area contributed by atoms with E-state index < -0.39 is 11.9 Å². The molecule has 0 amide bonds. The fraction of sp³-hybridized carbons (Fsp3) is 0.250. The van der Waals surface area contributed by atoms with Gasteiger partial charge in [-0.15, -0.1) is 0 Å². The zero-order chi connectivity index (χ0) is 22.3. The van der Waals surface area contributed by atoms with Gasteiger partial charge in [-0.3, -0.25) is 4.79 Å². The van der Waals surface area contributed by atoms with Gasteiger partial charge in [-0.1, -0.05) is 40.2 Å². The maximum atomic E-state index is 13.5. The van der Waals surface area contributed by atoms with Gasteiger partial charge < -0.3 is 19.5 Å². The Morgan fingerprint density at radius 2 is 1.84 bits per heavy atom. The van der Waals surface area contributed by atoms with Crippen LogP contribution in [0.15, 0.2) is 57.7 Å². The van der Waals surface area contributed by atoms with Crippen molar-refractivity contribution in [1.82, 2.24) is 5.32 Å². The Morgan fingerprint density at radius 1 is 1.13 bits per heavy atom. The van der Waals surface area contributed by atoms with Gasteiger partial charge in [0.1, 0.15) is 0 Å². The lowest BCUT2D eigenvalue weighted by Crippen LogP contribution is -2.29. The van der Waals surface area contributed by atoms with Gasteiger partial charge >= 0.3 is 5.97 Å². The molecule has 0 fully saturated rings. The largest absolute Gasteiger partial charge is 0.493 e. The van der Waals surface area contributed by atoms with E-state index in [1.807, 2.05) is 38.1 Å². The molecule has 0 spiro atoms. The van der Waals surface area contributed by atoms with Gasteiger partial charge in [0.15, 0.2) is 17.3 Å². The second kappa shape index (κ2) is 8.23. The molecule has 0 aromatic heterocycles. The van der Waals surface area contributed by atoms with Crippen molar-refractivity contribution in [3.05, 3.63) is 74.4 Å². The average Bonchev–Trinajstić information content (AvgIpc) is 3.05. The summed E-state index contributed by atoms with van der Waals surface area (Å²) in [6, 6.07) is 11.0. The summed E-state index contributed by atoms with van der Waals surface area (Å²) < 4.78 is 17.0. The minimum absolute atomic E-state index is 0.114. The fourth-order valence-corrected chi connectivity index (χ4v) is 4.77. The minimum atomic E-state index is -0.637. The van der Waals surface area contributed by atoms with Crippen LogP contribution in [0.3, 0.4) is 0 Å². The fourth-order valence-electron chi connectivity index (χ4n) is 4.22. The lowest BCUT2D eigenvalue weighted by molar-refractivity contribution is -0.136. The third-order valence-electron chi connectivity index (χ3n) is 5.55. The highest BCUT2D eigenvalue weighted by Gasteiger charge is 2.43. The van der Waals surface area contributed by atoms with Gasteiger partial charge in [0.25, 0.3) is 0 Å². The number of hydrogen-bond donors (Lipinski definition) is 1. The molecule has 0 bridgehead atoms. The molecule has 0 saturated carbocycles. The summed E-state index contributed by atoms with van der Waals surface area (Å²) >= 11 is 3.62. The van der Waals surface area contributed by atoms with Gasteiger partial charge in [-0.25, -0.2) is 4.79 Å². The highest BCUT2D eigenvalue weighted by Crippen LogP contribution is 2.49. The van der Waals surface area contributed by atoms with Gasteiger partial charge in [-0.2, -0.15) is 0 Å². The van der Waals surface area contributed by atoms with E-state index in [-0.39, 0.29) is 5.78 Å². The predicted molar refractivity (Wildman–Crippen MR) is 120 cm³/mol. The first-order chi connectivity index (χ1) is 14.9. The summed E-state index contributed by atoms with van der Waals surface area (Å²) in [6.07, 6.45) is 0. The number of allylic oxidation sites excluding steroid dienone is 2. The highest BCUT2D eigenvalue weighted by molar-refractivity contribution is 9.10. The summed E-state index contributed by atoms with van der Waals surface area (Å²) in [5.41, 5.74) is 4.40. The number of hydrogen-bond acceptors (Lipinski definition) is 6. The highest BCUT2D eigenvalue weighted by atomic mass is 79.9. The molecule has 7 heteroatoms. The Kier molecular flexibility index (Phi) is 5.62. The van der Waals surface area contributed by atoms with E-state index >= 15 is 0 Å². The molecule has 0 saturated heterocycles. The zero-order valence-corrected chi connectivity index (χ0v) is 19.3. The van der Waals surface area contributed by atoms with E-state index in [2.05, 4.69) is 21.2 Å². The lowest BCUT2D eigenvalue weighted by atomic mass is 9.79. The molecule has 2 aromatic carbocycles. The number of halogens is 1. The first kappa shape index (κ1) is 21.2. The van der Waals surface area contributed by atoms with E-state index in [4.69, 9.17) is 14.2 Å². The van der Waals surface area contributed by atoms with Crippen LogP contribution in [-0.2, 0) is 9.53 Å². The van der Waals surface area contributed by atoms with E-state index in [1.54, 1.807) is 19.2 Å². The third-order valence-corrected chi connectivity index (χ3v) is 6.23. The number of methoxy groups -OCH3 is 2. The number of ketones is 1. The Labute approximate surface area is 189 Å². The van der Waals surface area contributed by atoms with Crippen LogP contribution in [0.1, 0.15) is 41.3 Å². The van der Waals surface area contributed by atoms with Crippen LogP contribution in [-0.4, -0.2) is 32.6 Å². The van der Waals surface area contributed by atoms with Crippen LogP contribution in [0.5, 0.6) is 11.5 Å². The molecule has 160 valence electrons. The van der Waals surface area contributed by atoms with E-state index in [9.17, 15) is 9.59 Å². The monoisotopic (exact) mass is 483 g/mol. The Hall–Kier alpha value is -3.06. The van der Waals surface area contributed by atoms with Crippen molar-refractivity contribution in [3.63, 3.8) is 0 Å². The first-order valence-corrected chi connectivity index (χ1v) is 10.7. The maximum Gasteiger partial charge on any atom is 0.336 e. The summed E-state index contributed by atoms with van der Waals surface area (Å²) in [6.45, 7) is 4.18. The van der Waals surface area contributed by atoms with Gasteiger partial charge in [0.2, 0.25) is 0 Å². The Balaban J connectivity index is 1.98. The summed E-state index contributed by atoms with van der Waals surface area (Å²) in [4.78, 5) is 26.3. The number of benzene rings is 2. The number of esters is 1. The van der Waals surface area contributed by atoms with Gasteiger partial charge in [0, 0.05) is 26.9 Å². The molecule has 2 aromatic rings. The number of dihydropyridines is 1. The topological polar surface area (TPSA) is 73.9 Å². The molecule has 0 radical (unpaired) electrons. The molecule has 1 atom stereocenters. The van der Waals surface area contributed by atoms with Crippen LogP contribution >= 0.6 is 15.9 Å². The van der Waals surface area contributed by atoms with Crippen molar-refractivity contribution in [1.29, 1.82) is 0 Å². The molecule has 31 heavy (non-hydrogen) atoms. The average molecular weight is 484 g/mol. The molecule has 6 nitrogen and oxygen atoms in total. The summed E-state index contributed by atoms with van der Waals surface area (Å²) in [5, 5.41) is 3.28. The predicted octanol–water partition coefficient (Wildman–Crippen LogP) is 4.60. The zero-order valence-electron chi connectivity index (χ0n) is 17.7. The number of rotatable bonds is 5. The maximum absolute atomic E-state index is 13.5. The normalized spacial score (nSPS) is 17.2. The SMILES string of the molecule is CCOc1cc(Br)c(C2C(C(=O)OC)=C(C)NC3=C2C(=O)c2ccccc23)cc1OC. The second-order valence-electron chi connectivity index (χ2n) is 7.21. The quantitative estimate of drug-likeness (QED) is 0.626. The molecule has 1 unspecified atom stereocenters. The van der Waals surface area contributed by atoms with E-state index in [0.29, 0.717) is 45.0 Å². The minimum Gasteiger partial charge on any atom is -0.493 e. The van der Waals surface area contributed by atoms with Crippen molar-refractivity contribution >= 4 is 33.4 Å². The molecular weight excluding hydrogens is 462 g/mol.